The fourth-order valence-corrected chi connectivity index (χ4v) is 4.24. The van der Waals surface area contributed by atoms with Crippen molar-refractivity contribution in [3.05, 3.63) is 42.8 Å². The predicted octanol–water partition coefficient (Wildman–Crippen LogP) is 3.05. The van der Waals surface area contributed by atoms with E-state index in [1.807, 2.05) is 24.6 Å². The Kier molecular flexibility index (Phi) is 2.08. The van der Waals surface area contributed by atoms with E-state index in [1.165, 1.54) is 11.3 Å². The van der Waals surface area contributed by atoms with E-state index in [-0.39, 0.29) is 5.78 Å². The molecule has 82 valence electrons. The van der Waals surface area contributed by atoms with E-state index < -0.39 is 6.10 Å². The van der Waals surface area contributed by atoms with Crippen molar-refractivity contribution in [2.45, 2.75) is 20.0 Å². The van der Waals surface area contributed by atoms with Crippen molar-refractivity contribution in [2.24, 2.45) is 0 Å². The average Bonchev–Trinajstić information content (AvgIpc) is 2.80. The fourth-order valence-electron chi connectivity index (χ4n) is 2.31. The molecule has 0 bridgehead atoms. The zero-order valence-corrected chi connectivity index (χ0v) is 10.5. The molecule has 1 atom stereocenters. The van der Waals surface area contributed by atoms with Crippen molar-refractivity contribution >= 4 is 28.5 Å². The molecular weight excluding hydrogens is 240 g/mol. The Balaban J connectivity index is 2.35. The summed E-state index contributed by atoms with van der Waals surface area (Å²) in [5.74, 6) is 0.0680. The van der Waals surface area contributed by atoms with Crippen molar-refractivity contribution in [1.82, 2.24) is 0 Å². The van der Waals surface area contributed by atoms with Crippen LogP contribution in [0.15, 0.2) is 10.8 Å². The highest BCUT2D eigenvalue weighted by atomic mass is 32.1. The lowest BCUT2D eigenvalue weighted by Crippen LogP contribution is -2.17. The summed E-state index contributed by atoms with van der Waals surface area (Å²) in [7, 11) is 0. The Morgan fingerprint density at radius 1 is 1.25 bits per heavy atom. The van der Waals surface area contributed by atoms with Crippen LogP contribution in [0.5, 0.6) is 0 Å². The largest absolute Gasteiger partial charge is 0.384 e. The number of aliphatic hydroxyl groups excluding tert-OH is 1. The van der Waals surface area contributed by atoms with Crippen LogP contribution in [0.2, 0.25) is 0 Å². The lowest BCUT2D eigenvalue weighted by Gasteiger charge is -2.19. The molecule has 1 N–H and O–H groups in total. The minimum atomic E-state index is -0.626. The zero-order chi connectivity index (χ0) is 11.4. The predicted molar refractivity (Wildman–Crippen MR) is 65.6 cm³/mol. The highest BCUT2D eigenvalue weighted by molar-refractivity contribution is 7.12. The van der Waals surface area contributed by atoms with Gasteiger partial charge in [0.2, 0.25) is 0 Å². The first-order chi connectivity index (χ1) is 7.61. The second-order valence-electron chi connectivity index (χ2n) is 3.98. The number of thiophene rings is 2. The summed E-state index contributed by atoms with van der Waals surface area (Å²) in [6, 6.07) is 0. The highest BCUT2D eigenvalue weighted by Crippen LogP contribution is 2.42. The van der Waals surface area contributed by atoms with Crippen LogP contribution < -0.4 is 0 Å². The van der Waals surface area contributed by atoms with Gasteiger partial charge in [0.25, 0.3) is 0 Å². The molecule has 0 fully saturated rings. The SMILES string of the molecule is Cc1sc(C)c2c1C(=O)c1cscc1C2O. The summed E-state index contributed by atoms with van der Waals surface area (Å²) in [4.78, 5) is 14.3. The molecule has 0 saturated carbocycles. The van der Waals surface area contributed by atoms with Crippen molar-refractivity contribution in [3.8, 4) is 0 Å². The molecule has 0 spiro atoms. The Labute approximate surface area is 101 Å². The van der Waals surface area contributed by atoms with Crippen molar-refractivity contribution in [2.75, 3.05) is 0 Å². The van der Waals surface area contributed by atoms with E-state index in [0.29, 0.717) is 5.56 Å². The van der Waals surface area contributed by atoms with Gasteiger partial charge < -0.3 is 5.11 Å². The number of hydrogen-bond acceptors (Lipinski definition) is 4. The number of ketones is 1. The molecule has 0 saturated heterocycles. The molecule has 2 nitrogen and oxygen atoms in total. The molecule has 1 unspecified atom stereocenters. The van der Waals surface area contributed by atoms with Gasteiger partial charge in [0.15, 0.2) is 5.78 Å². The molecule has 1 aliphatic rings. The summed E-state index contributed by atoms with van der Waals surface area (Å²) in [5, 5.41) is 14.0. The molecular formula is C12H10O2S2. The lowest BCUT2D eigenvalue weighted by atomic mass is 9.86. The molecule has 0 amide bonds. The van der Waals surface area contributed by atoms with Crippen LogP contribution in [0, 0.1) is 13.8 Å². The summed E-state index contributed by atoms with van der Waals surface area (Å²) >= 11 is 3.06. The van der Waals surface area contributed by atoms with Crippen LogP contribution in [0.4, 0.5) is 0 Å². The molecule has 1 aliphatic carbocycles. The third-order valence-corrected chi connectivity index (χ3v) is 4.84. The molecule has 2 aromatic heterocycles. The number of fused-ring (bicyclic) bond motifs is 2. The second kappa shape index (κ2) is 3.26. The van der Waals surface area contributed by atoms with Gasteiger partial charge in [-0.05, 0) is 19.2 Å². The number of aryl methyl sites for hydroxylation is 2. The third kappa shape index (κ3) is 1.12. The molecule has 3 rings (SSSR count). The average molecular weight is 250 g/mol. The van der Waals surface area contributed by atoms with Crippen LogP contribution >= 0.6 is 22.7 Å². The van der Waals surface area contributed by atoms with Gasteiger partial charge >= 0.3 is 0 Å². The standard InChI is InChI=1S/C12H10O2S2/c1-5-9-10(6(2)16-5)12(14)8-4-15-3-7(8)11(9)13/h3-4,11,13H,1-2H3. The Hall–Kier alpha value is -0.970. The van der Waals surface area contributed by atoms with E-state index in [4.69, 9.17) is 0 Å². The van der Waals surface area contributed by atoms with E-state index in [2.05, 4.69) is 0 Å². The van der Waals surface area contributed by atoms with E-state index in [1.54, 1.807) is 11.3 Å². The summed E-state index contributed by atoms with van der Waals surface area (Å²) in [6.07, 6.45) is -0.626. The van der Waals surface area contributed by atoms with Gasteiger partial charge in [0, 0.05) is 37.4 Å². The van der Waals surface area contributed by atoms with E-state index in [9.17, 15) is 9.90 Å². The monoisotopic (exact) mass is 250 g/mol. The molecule has 2 aromatic rings. The first kappa shape index (κ1) is 10.2. The highest BCUT2D eigenvalue weighted by Gasteiger charge is 2.34. The maximum atomic E-state index is 12.3. The molecule has 16 heavy (non-hydrogen) atoms. The zero-order valence-electron chi connectivity index (χ0n) is 8.90. The minimum Gasteiger partial charge on any atom is -0.384 e. The van der Waals surface area contributed by atoms with Crippen LogP contribution in [-0.2, 0) is 0 Å². The van der Waals surface area contributed by atoms with Gasteiger partial charge in [0.1, 0.15) is 6.10 Å². The van der Waals surface area contributed by atoms with Gasteiger partial charge in [0.05, 0.1) is 0 Å². The van der Waals surface area contributed by atoms with Gasteiger partial charge in [-0.25, -0.2) is 0 Å². The van der Waals surface area contributed by atoms with Crippen LogP contribution in [0.25, 0.3) is 0 Å². The third-order valence-electron chi connectivity index (χ3n) is 3.04. The normalized spacial score (nSPS) is 18.4. The maximum absolute atomic E-state index is 12.3. The fraction of sp³-hybridized carbons (Fsp3) is 0.250. The summed E-state index contributed by atoms with van der Waals surface area (Å²) in [5.41, 5.74) is 2.98. The summed E-state index contributed by atoms with van der Waals surface area (Å²) < 4.78 is 0. The smallest absolute Gasteiger partial charge is 0.195 e. The van der Waals surface area contributed by atoms with E-state index in [0.717, 1.165) is 26.4 Å². The minimum absolute atomic E-state index is 0.0680. The second-order valence-corrected chi connectivity index (χ2v) is 6.15. The molecule has 0 aliphatic heterocycles. The number of rotatable bonds is 0. The molecule has 2 heterocycles. The Bertz CT molecular complexity index is 592. The Morgan fingerprint density at radius 3 is 2.75 bits per heavy atom. The number of aliphatic hydroxyl groups is 1. The van der Waals surface area contributed by atoms with Gasteiger partial charge in [-0.15, -0.1) is 11.3 Å². The lowest BCUT2D eigenvalue weighted by molar-refractivity contribution is 0.102. The topological polar surface area (TPSA) is 37.3 Å². The van der Waals surface area contributed by atoms with E-state index >= 15 is 0 Å². The van der Waals surface area contributed by atoms with Gasteiger partial charge in [-0.2, -0.15) is 11.3 Å². The number of carbonyl (C=O) groups is 1. The first-order valence-electron chi connectivity index (χ1n) is 5.00. The van der Waals surface area contributed by atoms with Crippen LogP contribution in [0.3, 0.4) is 0 Å². The van der Waals surface area contributed by atoms with Crippen LogP contribution in [-0.4, -0.2) is 10.9 Å². The maximum Gasteiger partial charge on any atom is 0.195 e. The number of carbonyl (C=O) groups excluding carboxylic acids is 1. The van der Waals surface area contributed by atoms with Crippen LogP contribution in [0.1, 0.15) is 42.9 Å². The first-order valence-corrected chi connectivity index (χ1v) is 6.76. The summed E-state index contributed by atoms with van der Waals surface area (Å²) in [6.45, 7) is 3.91. The number of hydrogen-bond donors (Lipinski definition) is 1. The van der Waals surface area contributed by atoms with Gasteiger partial charge in [-0.1, -0.05) is 0 Å². The quantitative estimate of drug-likeness (QED) is 0.780. The van der Waals surface area contributed by atoms with Crippen molar-refractivity contribution in [1.29, 1.82) is 0 Å². The Morgan fingerprint density at radius 2 is 2.00 bits per heavy atom. The van der Waals surface area contributed by atoms with Gasteiger partial charge in [-0.3, -0.25) is 4.79 Å². The van der Waals surface area contributed by atoms with Crippen molar-refractivity contribution < 1.29 is 9.90 Å². The molecule has 4 heteroatoms. The van der Waals surface area contributed by atoms with Crippen molar-refractivity contribution in [3.63, 3.8) is 0 Å². The molecule has 0 aromatic carbocycles. The molecule has 0 radical (unpaired) electrons.